The number of fused-ring (bicyclic) bond motifs is 2. The van der Waals surface area contributed by atoms with Gasteiger partial charge in [-0.2, -0.15) is 0 Å². The summed E-state index contributed by atoms with van der Waals surface area (Å²) in [4.78, 5) is 12.6. The van der Waals surface area contributed by atoms with Crippen LogP contribution in [0.4, 0.5) is 5.69 Å². The lowest BCUT2D eigenvalue weighted by Gasteiger charge is -2.28. The SMILES string of the molecule is Cc1ccc(NC(=O)CC2CC3CCC(C2)N3)c(OCC2CCCO2)c1. The van der Waals surface area contributed by atoms with Crippen molar-refractivity contribution in [1.82, 2.24) is 5.32 Å². The maximum atomic E-state index is 12.6. The largest absolute Gasteiger partial charge is 0.489 e. The number of carbonyl (C=O) groups excluding carboxylic acids is 1. The summed E-state index contributed by atoms with van der Waals surface area (Å²) in [5.74, 6) is 1.34. The molecule has 3 aliphatic heterocycles. The molecule has 3 atom stereocenters. The fraction of sp³-hybridized carbons (Fsp3) is 0.667. The van der Waals surface area contributed by atoms with Gasteiger partial charge in [0.2, 0.25) is 5.91 Å². The standard InChI is InChI=1S/C21H30N2O3/c1-14-4-7-19(20(9-14)26-13-18-3-2-8-25-18)23-21(24)12-15-10-16-5-6-17(11-15)22-16/h4,7,9,15-18,22H,2-3,5-6,8,10-13H2,1H3,(H,23,24). The van der Waals surface area contributed by atoms with Crippen molar-refractivity contribution in [2.75, 3.05) is 18.5 Å². The van der Waals surface area contributed by atoms with Crippen LogP contribution in [0.3, 0.4) is 0 Å². The molecule has 1 amide bonds. The molecule has 3 heterocycles. The summed E-state index contributed by atoms with van der Waals surface area (Å²) in [6.45, 7) is 3.41. The second-order valence-corrected chi connectivity index (χ2v) is 8.17. The van der Waals surface area contributed by atoms with Crippen molar-refractivity contribution in [1.29, 1.82) is 0 Å². The highest BCUT2D eigenvalue weighted by Crippen LogP contribution is 2.33. The number of benzene rings is 1. The third kappa shape index (κ3) is 4.38. The van der Waals surface area contributed by atoms with E-state index in [0.717, 1.165) is 49.3 Å². The van der Waals surface area contributed by atoms with E-state index in [2.05, 4.69) is 10.6 Å². The normalized spacial score (nSPS) is 30.3. The number of nitrogens with one attached hydrogen (secondary N) is 2. The molecular formula is C21H30N2O3. The lowest BCUT2D eigenvalue weighted by Crippen LogP contribution is -2.39. The minimum absolute atomic E-state index is 0.0992. The van der Waals surface area contributed by atoms with Crippen molar-refractivity contribution < 1.29 is 14.3 Å². The van der Waals surface area contributed by atoms with Gasteiger partial charge in [-0.15, -0.1) is 0 Å². The lowest BCUT2D eigenvalue weighted by atomic mass is 9.89. The van der Waals surface area contributed by atoms with Gasteiger partial charge in [0.05, 0.1) is 11.8 Å². The van der Waals surface area contributed by atoms with Gasteiger partial charge in [0, 0.05) is 25.1 Å². The van der Waals surface area contributed by atoms with Gasteiger partial charge in [-0.3, -0.25) is 4.79 Å². The molecule has 0 saturated carbocycles. The monoisotopic (exact) mass is 358 g/mol. The first-order chi connectivity index (χ1) is 12.7. The smallest absolute Gasteiger partial charge is 0.224 e. The fourth-order valence-electron chi connectivity index (χ4n) is 4.62. The van der Waals surface area contributed by atoms with Gasteiger partial charge in [0.1, 0.15) is 12.4 Å². The van der Waals surface area contributed by atoms with Crippen molar-refractivity contribution in [3.63, 3.8) is 0 Å². The van der Waals surface area contributed by atoms with Gasteiger partial charge in [-0.25, -0.2) is 0 Å². The average Bonchev–Trinajstić information content (AvgIpc) is 3.24. The molecule has 0 spiro atoms. The van der Waals surface area contributed by atoms with Gasteiger partial charge in [-0.05, 0) is 69.1 Å². The second kappa shape index (κ2) is 7.97. The quantitative estimate of drug-likeness (QED) is 0.818. The maximum absolute atomic E-state index is 12.6. The van der Waals surface area contributed by atoms with E-state index in [1.807, 2.05) is 25.1 Å². The molecule has 0 aliphatic carbocycles. The molecule has 3 saturated heterocycles. The summed E-state index contributed by atoms with van der Waals surface area (Å²) in [5, 5.41) is 6.72. The lowest BCUT2D eigenvalue weighted by molar-refractivity contribution is -0.117. The number of aryl methyl sites for hydroxylation is 1. The third-order valence-corrected chi connectivity index (χ3v) is 5.90. The van der Waals surface area contributed by atoms with Crippen LogP contribution in [0.25, 0.3) is 0 Å². The Morgan fingerprint density at radius 3 is 2.81 bits per heavy atom. The van der Waals surface area contributed by atoms with Crippen LogP contribution in [0.5, 0.6) is 5.75 Å². The molecule has 0 aromatic heterocycles. The van der Waals surface area contributed by atoms with Gasteiger partial charge in [0.15, 0.2) is 0 Å². The van der Waals surface area contributed by atoms with Gasteiger partial charge < -0.3 is 20.1 Å². The number of amides is 1. The molecule has 2 N–H and O–H groups in total. The highest BCUT2D eigenvalue weighted by atomic mass is 16.5. The number of anilines is 1. The van der Waals surface area contributed by atoms with Crippen LogP contribution in [0.2, 0.25) is 0 Å². The molecule has 5 heteroatoms. The first-order valence-corrected chi connectivity index (χ1v) is 10.1. The van der Waals surface area contributed by atoms with Gasteiger partial charge >= 0.3 is 0 Å². The zero-order valence-corrected chi connectivity index (χ0v) is 15.6. The molecule has 3 fully saturated rings. The van der Waals surface area contributed by atoms with Gasteiger partial charge in [0.25, 0.3) is 0 Å². The van der Waals surface area contributed by atoms with Crippen LogP contribution in [-0.2, 0) is 9.53 Å². The summed E-state index contributed by atoms with van der Waals surface area (Å²) in [6, 6.07) is 7.20. The topological polar surface area (TPSA) is 59.6 Å². The summed E-state index contributed by atoms with van der Waals surface area (Å²) in [6.07, 6.45) is 7.71. The Labute approximate surface area is 155 Å². The summed E-state index contributed by atoms with van der Waals surface area (Å²) < 4.78 is 11.6. The Bertz CT molecular complexity index is 630. The first kappa shape index (κ1) is 17.8. The van der Waals surface area contributed by atoms with Crippen LogP contribution < -0.4 is 15.4 Å². The molecule has 2 bridgehead atoms. The molecular weight excluding hydrogens is 328 g/mol. The van der Waals surface area contributed by atoms with E-state index in [4.69, 9.17) is 9.47 Å². The summed E-state index contributed by atoms with van der Waals surface area (Å²) >= 11 is 0. The number of carbonyl (C=O) groups is 1. The Hall–Kier alpha value is -1.59. The zero-order chi connectivity index (χ0) is 17.9. The van der Waals surface area contributed by atoms with Crippen molar-refractivity contribution in [3.05, 3.63) is 23.8 Å². The first-order valence-electron chi connectivity index (χ1n) is 10.1. The Kier molecular flexibility index (Phi) is 5.46. The number of hydrogen-bond acceptors (Lipinski definition) is 4. The van der Waals surface area contributed by atoms with Crippen LogP contribution in [-0.4, -0.2) is 37.3 Å². The Morgan fingerprint density at radius 2 is 2.08 bits per heavy atom. The Balaban J connectivity index is 1.34. The summed E-state index contributed by atoms with van der Waals surface area (Å²) in [5.41, 5.74) is 1.90. The van der Waals surface area contributed by atoms with Crippen LogP contribution >= 0.6 is 0 Å². The van der Waals surface area contributed by atoms with Crippen LogP contribution in [0, 0.1) is 12.8 Å². The van der Waals surface area contributed by atoms with E-state index in [1.54, 1.807) is 0 Å². The highest BCUT2D eigenvalue weighted by Gasteiger charge is 2.34. The second-order valence-electron chi connectivity index (χ2n) is 8.17. The minimum atomic E-state index is 0.0992. The van der Waals surface area contributed by atoms with Crippen molar-refractivity contribution in [3.8, 4) is 5.75 Å². The number of hydrogen-bond donors (Lipinski definition) is 2. The molecule has 4 rings (SSSR count). The van der Waals surface area contributed by atoms with E-state index in [9.17, 15) is 4.79 Å². The van der Waals surface area contributed by atoms with Crippen LogP contribution in [0.15, 0.2) is 18.2 Å². The van der Waals surface area contributed by atoms with E-state index >= 15 is 0 Å². The van der Waals surface area contributed by atoms with E-state index in [1.165, 1.54) is 12.8 Å². The summed E-state index contributed by atoms with van der Waals surface area (Å²) in [7, 11) is 0. The molecule has 26 heavy (non-hydrogen) atoms. The third-order valence-electron chi connectivity index (χ3n) is 5.90. The molecule has 3 aliphatic rings. The molecule has 3 unspecified atom stereocenters. The number of piperidine rings is 1. The van der Waals surface area contributed by atoms with Gasteiger partial charge in [-0.1, -0.05) is 6.07 Å². The molecule has 1 aromatic rings. The molecule has 1 aromatic carbocycles. The Morgan fingerprint density at radius 1 is 1.27 bits per heavy atom. The fourth-order valence-corrected chi connectivity index (χ4v) is 4.62. The van der Waals surface area contributed by atoms with Crippen molar-refractivity contribution in [2.24, 2.45) is 5.92 Å². The van der Waals surface area contributed by atoms with E-state index < -0.39 is 0 Å². The van der Waals surface area contributed by atoms with E-state index in [-0.39, 0.29) is 12.0 Å². The minimum Gasteiger partial charge on any atom is -0.489 e. The molecule has 5 nitrogen and oxygen atoms in total. The van der Waals surface area contributed by atoms with Crippen molar-refractivity contribution >= 4 is 11.6 Å². The zero-order valence-electron chi connectivity index (χ0n) is 15.6. The number of ether oxygens (including phenoxy) is 2. The highest BCUT2D eigenvalue weighted by molar-refractivity contribution is 5.92. The molecule has 142 valence electrons. The number of rotatable bonds is 6. The van der Waals surface area contributed by atoms with Crippen molar-refractivity contribution in [2.45, 2.75) is 70.1 Å². The predicted molar refractivity (Wildman–Crippen MR) is 102 cm³/mol. The molecule has 0 radical (unpaired) electrons. The average molecular weight is 358 g/mol. The van der Waals surface area contributed by atoms with Crippen LogP contribution in [0.1, 0.15) is 50.5 Å². The maximum Gasteiger partial charge on any atom is 0.224 e. The van der Waals surface area contributed by atoms with E-state index in [0.29, 0.717) is 31.0 Å². The predicted octanol–water partition coefficient (Wildman–Crippen LogP) is 3.41.